The molecule has 0 bridgehead atoms. The molecule has 5 nitrogen and oxygen atoms in total. The fraction of sp³-hybridized carbons (Fsp3) is 0.400. The van der Waals surface area contributed by atoms with Crippen LogP contribution in [0.5, 0.6) is 0 Å². The quantitative estimate of drug-likeness (QED) is 0.806. The third-order valence-electron chi connectivity index (χ3n) is 3.61. The molecule has 0 aliphatic carbocycles. The van der Waals surface area contributed by atoms with Crippen LogP contribution in [0.1, 0.15) is 10.6 Å². The number of aliphatic imine (C=N–C) groups is 1. The number of piperazine rings is 1. The summed E-state index contributed by atoms with van der Waals surface area (Å²) >= 11 is 7.41. The van der Waals surface area contributed by atoms with Crippen LogP contribution in [-0.2, 0) is 6.54 Å². The highest BCUT2D eigenvalue weighted by Gasteiger charge is 2.15. The van der Waals surface area contributed by atoms with E-state index in [-0.39, 0.29) is 0 Å². The summed E-state index contributed by atoms with van der Waals surface area (Å²) in [6.07, 6.45) is 1.79. The van der Waals surface area contributed by atoms with Gasteiger partial charge in [-0.3, -0.25) is 4.90 Å². The third kappa shape index (κ3) is 4.33. The molecule has 0 N–H and O–H groups in total. The van der Waals surface area contributed by atoms with Gasteiger partial charge in [0, 0.05) is 37.4 Å². The van der Waals surface area contributed by atoms with Crippen LogP contribution in [0.25, 0.3) is 0 Å². The lowest BCUT2D eigenvalue weighted by Crippen LogP contribution is -2.43. The van der Waals surface area contributed by atoms with Crippen LogP contribution in [0.15, 0.2) is 29.3 Å². The lowest BCUT2D eigenvalue weighted by Gasteiger charge is -2.31. The second-order valence-corrected chi connectivity index (χ2v) is 6.84. The number of halogens is 1. The van der Waals surface area contributed by atoms with Crippen molar-refractivity contribution in [1.29, 1.82) is 0 Å². The Morgan fingerprint density at radius 3 is 2.64 bits per heavy atom. The molecule has 3 rings (SSSR count). The number of nitrogens with zero attached hydrogens (tertiary/aromatic N) is 5. The van der Waals surface area contributed by atoms with Gasteiger partial charge in [-0.15, -0.1) is 10.2 Å². The van der Waals surface area contributed by atoms with E-state index in [1.165, 1.54) is 0 Å². The summed E-state index contributed by atoms with van der Waals surface area (Å²) in [5, 5.41) is 10.8. The zero-order valence-electron chi connectivity index (χ0n) is 12.4. The summed E-state index contributed by atoms with van der Waals surface area (Å²) in [5.41, 5.74) is 1.00. The van der Waals surface area contributed by atoms with Gasteiger partial charge in [0.25, 0.3) is 0 Å². The van der Waals surface area contributed by atoms with Gasteiger partial charge in [0.1, 0.15) is 5.01 Å². The van der Waals surface area contributed by atoms with Crippen molar-refractivity contribution in [2.75, 3.05) is 33.2 Å². The topological polar surface area (TPSA) is 44.6 Å². The van der Waals surface area contributed by atoms with E-state index < -0.39 is 0 Å². The van der Waals surface area contributed by atoms with Crippen LogP contribution in [0.4, 0.5) is 5.13 Å². The van der Waals surface area contributed by atoms with E-state index in [9.17, 15) is 0 Å². The SMILES string of the molecule is CN1CCN(Cc2nnc(/N=C/c3ccc(Cl)cc3)s2)CC1. The summed E-state index contributed by atoms with van der Waals surface area (Å²) in [6.45, 7) is 5.25. The van der Waals surface area contributed by atoms with Crippen molar-refractivity contribution >= 4 is 34.3 Å². The van der Waals surface area contributed by atoms with Crippen LogP contribution in [0.3, 0.4) is 0 Å². The maximum absolute atomic E-state index is 5.86. The van der Waals surface area contributed by atoms with Crippen LogP contribution < -0.4 is 0 Å². The summed E-state index contributed by atoms with van der Waals surface area (Å²) in [7, 11) is 2.16. The zero-order chi connectivity index (χ0) is 15.4. The Balaban J connectivity index is 1.58. The molecular weight excluding hydrogens is 318 g/mol. The predicted molar refractivity (Wildman–Crippen MR) is 91.4 cm³/mol. The first-order chi connectivity index (χ1) is 10.7. The Labute approximate surface area is 139 Å². The molecule has 0 radical (unpaired) electrons. The summed E-state index contributed by atoms with van der Waals surface area (Å²) in [5.74, 6) is 0. The molecule has 2 aromatic rings. The minimum absolute atomic E-state index is 0.694. The molecular formula is C15H18ClN5S. The van der Waals surface area contributed by atoms with Crippen molar-refractivity contribution in [3.05, 3.63) is 39.9 Å². The average molecular weight is 336 g/mol. The molecule has 1 aliphatic rings. The van der Waals surface area contributed by atoms with E-state index >= 15 is 0 Å². The lowest BCUT2D eigenvalue weighted by molar-refractivity contribution is 0.148. The third-order valence-corrected chi connectivity index (χ3v) is 4.67. The van der Waals surface area contributed by atoms with Gasteiger partial charge in [-0.25, -0.2) is 4.99 Å². The molecule has 1 fully saturated rings. The number of benzene rings is 1. The van der Waals surface area contributed by atoms with E-state index in [4.69, 9.17) is 11.6 Å². The van der Waals surface area contributed by atoms with E-state index in [2.05, 4.69) is 32.0 Å². The van der Waals surface area contributed by atoms with E-state index in [0.717, 1.165) is 48.3 Å². The molecule has 0 amide bonds. The van der Waals surface area contributed by atoms with Crippen molar-refractivity contribution < 1.29 is 0 Å². The summed E-state index contributed by atoms with van der Waals surface area (Å²) < 4.78 is 0. The highest BCUT2D eigenvalue weighted by Crippen LogP contribution is 2.20. The van der Waals surface area contributed by atoms with Crippen LogP contribution >= 0.6 is 22.9 Å². The van der Waals surface area contributed by atoms with Gasteiger partial charge in [-0.2, -0.15) is 0 Å². The molecule has 0 spiro atoms. The van der Waals surface area contributed by atoms with Crippen molar-refractivity contribution in [2.24, 2.45) is 4.99 Å². The van der Waals surface area contributed by atoms with Gasteiger partial charge in [0.15, 0.2) is 0 Å². The fourth-order valence-corrected chi connectivity index (χ4v) is 3.09. The van der Waals surface area contributed by atoms with Crippen LogP contribution in [0, 0.1) is 0 Å². The van der Waals surface area contributed by atoms with Crippen molar-refractivity contribution in [3.63, 3.8) is 0 Å². The first-order valence-electron chi connectivity index (χ1n) is 7.22. The minimum atomic E-state index is 0.694. The Hall–Kier alpha value is -1.34. The average Bonchev–Trinajstić information content (AvgIpc) is 2.97. The largest absolute Gasteiger partial charge is 0.304 e. The van der Waals surface area contributed by atoms with Crippen molar-refractivity contribution in [2.45, 2.75) is 6.54 Å². The molecule has 22 heavy (non-hydrogen) atoms. The predicted octanol–water partition coefficient (Wildman–Crippen LogP) is 2.69. The number of aromatic nitrogens is 2. The summed E-state index contributed by atoms with van der Waals surface area (Å²) in [6, 6.07) is 7.56. The molecule has 0 atom stereocenters. The molecule has 0 saturated carbocycles. The molecule has 7 heteroatoms. The highest BCUT2D eigenvalue weighted by atomic mass is 35.5. The molecule has 2 heterocycles. The van der Waals surface area contributed by atoms with Gasteiger partial charge in [0.2, 0.25) is 5.13 Å². The maximum atomic E-state index is 5.86. The van der Waals surface area contributed by atoms with E-state index in [1.807, 2.05) is 24.3 Å². The zero-order valence-corrected chi connectivity index (χ0v) is 14.0. The fourth-order valence-electron chi connectivity index (χ4n) is 2.24. The van der Waals surface area contributed by atoms with Gasteiger partial charge in [0.05, 0.1) is 6.54 Å². The minimum Gasteiger partial charge on any atom is -0.304 e. The molecule has 1 aromatic carbocycles. The van der Waals surface area contributed by atoms with Gasteiger partial charge < -0.3 is 4.90 Å². The van der Waals surface area contributed by atoms with Gasteiger partial charge in [-0.05, 0) is 24.7 Å². The van der Waals surface area contributed by atoms with Crippen molar-refractivity contribution in [3.8, 4) is 0 Å². The Morgan fingerprint density at radius 1 is 1.18 bits per heavy atom. The molecule has 0 unspecified atom stereocenters. The highest BCUT2D eigenvalue weighted by molar-refractivity contribution is 7.14. The van der Waals surface area contributed by atoms with Crippen LogP contribution in [0.2, 0.25) is 5.02 Å². The molecule has 1 aliphatic heterocycles. The second-order valence-electron chi connectivity index (χ2n) is 5.37. The Morgan fingerprint density at radius 2 is 1.91 bits per heavy atom. The van der Waals surface area contributed by atoms with Gasteiger partial charge >= 0.3 is 0 Å². The number of likely N-dealkylation sites (N-methyl/N-ethyl adjacent to an activating group) is 1. The number of hydrogen-bond acceptors (Lipinski definition) is 6. The normalized spacial score (nSPS) is 17.4. The first kappa shape index (κ1) is 15.6. The maximum Gasteiger partial charge on any atom is 0.231 e. The van der Waals surface area contributed by atoms with E-state index in [0.29, 0.717) is 5.13 Å². The monoisotopic (exact) mass is 335 g/mol. The first-order valence-corrected chi connectivity index (χ1v) is 8.41. The number of rotatable bonds is 4. The van der Waals surface area contributed by atoms with E-state index in [1.54, 1.807) is 17.6 Å². The molecule has 1 saturated heterocycles. The van der Waals surface area contributed by atoms with Crippen molar-refractivity contribution in [1.82, 2.24) is 20.0 Å². The van der Waals surface area contributed by atoms with Gasteiger partial charge in [-0.1, -0.05) is 35.1 Å². The lowest BCUT2D eigenvalue weighted by atomic mass is 10.2. The number of hydrogen-bond donors (Lipinski definition) is 0. The smallest absolute Gasteiger partial charge is 0.231 e. The Kier molecular flexibility index (Phi) is 5.15. The standard InChI is InChI=1S/C15H18ClN5S/c1-20-6-8-21(9-7-20)11-14-18-19-15(22-14)17-10-12-2-4-13(16)5-3-12/h2-5,10H,6-9,11H2,1H3/b17-10+. The summed E-state index contributed by atoms with van der Waals surface area (Å²) in [4.78, 5) is 9.14. The molecule has 1 aromatic heterocycles. The molecule has 116 valence electrons. The second kappa shape index (κ2) is 7.28. The Bertz CT molecular complexity index is 632. The van der Waals surface area contributed by atoms with Crippen LogP contribution in [-0.4, -0.2) is 59.4 Å².